The fourth-order valence-corrected chi connectivity index (χ4v) is 1.36. The van der Waals surface area contributed by atoms with Crippen molar-refractivity contribution in [2.45, 2.75) is 0 Å². The van der Waals surface area contributed by atoms with Gasteiger partial charge in [0.2, 0.25) is 5.95 Å². The Morgan fingerprint density at radius 2 is 1.89 bits per heavy atom. The molecule has 94 valence electrons. The molecule has 2 aromatic rings. The summed E-state index contributed by atoms with van der Waals surface area (Å²) in [7, 11) is 2.90. The normalized spacial score (nSPS) is 10.8. The highest BCUT2D eigenvalue weighted by Crippen LogP contribution is 2.13. The summed E-state index contributed by atoms with van der Waals surface area (Å²) in [4.78, 5) is 12.1. The molecule has 0 aliphatic heterocycles. The third-order valence-electron chi connectivity index (χ3n) is 2.13. The molecule has 0 aliphatic carbocycles. The quantitative estimate of drug-likeness (QED) is 0.481. The van der Waals surface area contributed by atoms with Gasteiger partial charge in [-0.2, -0.15) is 9.97 Å². The van der Waals surface area contributed by atoms with Gasteiger partial charge in [0, 0.05) is 6.20 Å². The monoisotopic (exact) mass is 249 g/mol. The molecule has 0 unspecified atom stereocenters. The number of rotatable bonds is 4. The molecule has 0 fully saturated rings. The van der Waals surface area contributed by atoms with Crippen molar-refractivity contribution in [1.29, 1.82) is 0 Å². The van der Waals surface area contributed by atoms with E-state index in [-0.39, 0.29) is 12.0 Å². The van der Waals surface area contributed by atoms with Crippen molar-refractivity contribution in [2.75, 3.05) is 14.2 Å². The van der Waals surface area contributed by atoms with Crippen molar-refractivity contribution in [1.82, 2.24) is 19.5 Å². The maximum Gasteiger partial charge on any atom is 0.324 e. The SMILES string of the molecule is COc1nc(OC)nc(-n2cccc2/C=N/O)n1. The highest BCUT2D eigenvalue weighted by Gasteiger charge is 2.10. The number of nitrogens with zero attached hydrogens (tertiary/aromatic N) is 5. The molecule has 0 spiro atoms. The van der Waals surface area contributed by atoms with Crippen LogP contribution in [0.15, 0.2) is 23.5 Å². The second-order valence-corrected chi connectivity index (χ2v) is 3.16. The van der Waals surface area contributed by atoms with Gasteiger partial charge in [0.25, 0.3) is 0 Å². The molecule has 2 rings (SSSR count). The lowest BCUT2D eigenvalue weighted by Gasteiger charge is -2.06. The standard InChI is InChI=1S/C10H11N5O3/c1-17-9-12-8(13-10(14-9)18-2)15-5-3-4-7(15)6-11-16/h3-6,16H,1-2H3/b11-6+. The molecule has 0 bridgehead atoms. The number of hydrogen-bond donors (Lipinski definition) is 1. The second kappa shape index (κ2) is 5.13. The maximum atomic E-state index is 8.56. The minimum Gasteiger partial charge on any atom is -0.467 e. The van der Waals surface area contributed by atoms with E-state index < -0.39 is 0 Å². The third kappa shape index (κ3) is 2.21. The molecule has 0 atom stereocenters. The zero-order chi connectivity index (χ0) is 13.0. The number of ether oxygens (including phenoxy) is 2. The van der Waals surface area contributed by atoms with Crippen molar-refractivity contribution in [3.05, 3.63) is 24.0 Å². The molecule has 8 heteroatoms. The van der Waals surface area contributed by atoms with Crippen LogP contribution < -0.4 is 9.47 Å². The summed E-state index contributed by atoms with van der Waals surface area (Å²) < 4.78 is 11.5. The van der Waals surface area contributed by atoms with E-state index in [0.717, 1.165) is 0 Å². The van der Waals surface area contributed by atoms with Gasteiger partial charge < -0.3 is 14.7 Å². The van der Waals surface area contributed by atoms with Crippen LogP contribution in [0.4, 0.5) is 0 Å². The first-order chi connectivity index (χ1) is 8.78. The van der Waals surface area contributed by atoms with Gasteiger partial charge in [-0.25, -0.2) is 0 Å². The van der Waals surface area contributed by atoms with E-state index >= 15 is 0 Å². The second-order valence-electron chi connectivity index (χ2n) is 3.16. The molecule has 0 saturated carbocycles. The number of aromatic nitrogens is 4. The van der Waals surface area contributed by atoms with Crippen LogP contribution in [-0.2, 0) is 0 Å². The van der Waals surface area contributed by atoms with Crippen molar-refractivity contribution in [3.8, 4) is 18.0 Å². The summed E-state index contributed by atoms with van der Waals surface area (Å²) in [6, 6.07) is 3.78. The van der Waals surface area contributed by atoms with Gasteiger partial charge in [0.15, 0.2) is 0 Å². The van der Waals surface area contributed by atoms with Gasteiger partial charge in [-0.3, -0.25) is 4.57 Å². The van der Waals surface area contributed by atoms with Gasteiger partial charge in [0.05, 0.1) is 26.1 Å². The minimum absolute atomic E-state index is 0.137. The molecular weight excluding hydrogens is 238 g/mol. The van der Waals surface area contributed by atoms with E-state index in [1.807, 2.05) is 0 Å². The van der Waals surface area contributed by atoms with Gasteiger partial charge in [-0.1, -0.05) is 5.16 Å². The van der Waals surface area contributed by atoms with E-state index in [1.165, 1.54) is 20.4 Å². The molecule has 1 N–H and O–H groups in total. The van der Waals surface area contributed by atoms with Crippen LogP contribution in [0, 0.1) is 0 Å². The first kappa shape index (κ1) is 11.8. The lowest BCUT2D eigenvalue weighted by molar-refractivity contribution is 0.321. The Morgan fingerprint density at radius 3 is 2.44 bits per heavy atom. The van der Waals surface area contributed by atoms with Crippen molar-refractivity contribution in [2.24, 2.45) is 5.16 Å². The molecule has 0 aromatic carbocycles. The first-order valence-electron chi connectivity index (χ1n) is 4.97. The Morgan fingerprint density at radius 1 is 1.22 bits per heavy atom. The van der Waals surface area contributed by atoms with Crippen LogP contribution in [0.25, 0.3) is 5.95 Å². The summed E-state index contributed by atoms with van der Waals surface area (Å²) in [6.07, 6.45) is 2.98. The van der Waals surface area contributed by atoms with E-state index in [0.29, 0.717) is 11.6 Å². The van der Waals surface area contributed by atoms with Gasteiger partial charge in [-0.05, 0) is 12.1 Å². The smallest absolute Gasteiger partial charge is 0.324 e. The Labute approximate surface area is 103 Å². The van der Waals surface area contributed by atoms with Crippen molar-refractivity contribution < 1.29 is 14.7 Å². The molecule has 2 heterocycles. The Balaban J connectivity index is 2.52. The summed E-state index contributed by atoms with van der Waals surface area (Å²) >= 11 is 0. The van der Waals surface area contributed by atoms with Crippen LogP contribution in [0.2, 0.25) is 0 Å². The summed E-state index contributed by atoms with van der Waals surface area (Å²) in [6.45, 7) is 0. The molecule has 0 radical (unpaired) electrons. The van der Waals surface area contributed by atoms with Crippen LogP contribution in [0.5, 0.6) is 12.0 Å². The molecule has 2 aromatic heterocycles. The largest absolute Gasteiger partial charge is 0.467 e. The van der Waals surface area contributed by atoms with Crippen LogP contribution in [0.3, 0.4) is 0 Å². The van der Waals surface area contributed by atoms with Gasteiger partial charge in [-0.15, -0.1) is 4.98 Å². The minimum atomic E-state index is 0.137. The Bertz CT molecular complexity index is 544. The Kier molecular flexibility index (Phi) is 3.37. The fourth-order valence-electron chi connectivity index (χ4n) is 1.36. The van der Waals surface area contributed by atoms with E-state index in [9.17, 15) is 0 Å². The van der Waals surface area contributed by atoms with Crippen LogP contribution in [-0.4, -0.2) is 45.2 Å². The van der Waals surface area contributed by atoms with E-state index in [2.05, 4.69) is 20.1 Å². The van der Waals surface area contributed by atoms with E-state index in [4.69, 9.17) is 14.7 Å². The predicted molar refractivity (Wildman–Crippen MR) is 61.6 cm³/mol. The maximum absolute atomic E-state index is 8.56. The van der Waals surface area contributed by atoms with Crippen molar-refractivity contribution in [3.63, 3.8) is 0 Å². The topological polar surface area (TPSA) is 94.7 Å². The van der Waals surface area contributed by atoms with Gasteiger partial charge in [0.1, 0.15) is 0 Å². The number of hydrogen-bond acceptors (Lipinski definition) is 7. The summed E-state index contributed by atoms with van der Waals surface area (Å²) in [5, 5.41) is 11.5. The zero-order valence-corrected chi connectivity index (χ0v) is 9.81. The average molecular weight is 249 g/mol. The highest BCUT2D eigenvalue weighted by atomic mass is 16.5. The molecule has 18 heavy (non-hydrogen) atoms. The highest BCUT2D eigenvalue weighted by molar-refractivity contribution is 5.77. The van der Waals surface area contributed by atoms with Crippen LogP contribution in [0.1, 0.15) is 5.69 Å². The summed E-state index contributed by atoms with van der Waals surface area (Å²) in [5.41, 5.74) is 0.604. The number of oxime groups is 1. The third-order valence-corrected chi connectivity index (χ3v) is 2.13. The molecular formula is C10H11N5O3. The average Bonchev–Trinajstić information content (AvgIpc) is 2.87. The Hall–Kier alpha value is -2.64. The molecule has 0 saturated heterocycles. The van der Waals surface area contributed by atoms with Crippen LogP contribution >= 0.6 is 0 Å². The molecule has 0 aliphatic rings. The summed E-state index contributed by atoms with van der Waals surface area (Å²) in [5.74, 6) is 0.304. The predicted octanol–water partition coefficient (Wildman–Crippen LogP) is 0.488. The molecule has 0 amide bonds. The van der Waals surface area contributed by atoms with E-state index in [1.54, 1.807) is 22.9 Å². The lowest BCUT2D eigenvalue weighted by Crippen LogP contribution is -2.07. The number of methoxy groups -OCH3 is 2. The first-order valence-corrected chi connectivity index (χ1v) is 4.97. The fraction of sp³-hybridized carbons (Fsp3) is 0.200. The van der Waals surface area contributed by atoms with Crippen molar-refractivity contribution >= 4 is 6.21 Å². The molecule has 8 nitrogen and oxygen atoms in total. The lowest BCUT2D eigenvalue weighted by atomic mass is 10.5. The zero-order valence-electron chi connectivity index (χ0n) is 9.81. The van der Waals surface area contributed by atoms with Gasteiger partial charge >= 0.3 is 12.0 Å².